The third kappa shape index (κ3) is 2.40. The maximum Gasteiger partial charge on any atom is 0.260 e. The van der Waals surface area contributed by atoms with E-state index in [-0.39, 0.29) is 0 Å². The van der Waals surface area contributed by atoms with E-state index in [2.05, 4.69) is 10.2 Å². The van der Waals surface area contributed by atoms with E-state index in [4.69, 9.17) is 25.5 Å². The SMILES string of the molecule is Clc1cccc(-c2nnc(C3COc4ccccc4O3)o2)c1. The number of para-hydroxylation sites is 2. The van der Waals surface area contributed by atoms with Crippen LogP contribution in [0.15, 0.2) is 52.9 Å². The molecule has 0 amide bonds. The number of hydrogen-bond acceptors (Lipinski definition) is 5. The second-order valence-electron chi connectivity index (χ2n) is 4.82. The first-order valence-corrected chi connectivity index (χ1v) is 7.15. The lowest BCUT2D eigenvalue weighted by atomic mass is 10.2. The van der Waals surface area contributed by atoms with Crippen LogP contribution in [0.4, 0.5) is 0 Å². The lowest BCUT2D eigenvalue weighted by Crippen LogP contribution is -2.21. The standard InChI is InChI=1S/C16H11ClN2O3/c17-11-5-3-4-10(8-11)15-18-19-16(22-15)14-9-20-12-6-1-2-7-13(12)21-14/h1-8,14H,9H2. The molecule has 6 heteroatoms. The Morgan fingerprint density at radius 3 is 2.73 bits per heavy atom. The molecule has 1 aliphatic heterocycles. The smallest absolute Gasteiger partial charge is 0.260 e. The molecule has 1 aliphatic rings. The largest absolute Gasteiger partial charge is 0.485 e. The molecule has 2 aromatic carbocycles. The van der Waals surface area contributed by atoms with Crippen molar-refractivity contribution < 1.29 is 13.9 Å². The van der Waals surface area contributed by atoms with Crippen LogP contribution in [0, 0.1) is 0 Å². The fourth-order valence-electron chi connectivity index (χ4n) is 2.24. The van der Waals surface area contributed by atoms with Gasteiger partial charge in [0.1, 0.15) is 6.61 Å². The van der Waals surface area contributed by atoms with E-state index < -0.39 is 6.10 Å². The van der Waals surface area contributed by atoms with Gasteiger partial charge in [-0.3, -0.25) is 0 Å². The fourth-order valence-corrected chi connectivity index (χ4v) is 2.43. The summed E-state index contributed by atoms with van der Waals surface area (Å²) >= 11 is 5.97. The first-order valence-electron chi connectivity index (χ1n) is 6.77. The molecule has 0 spiro atoms. The van der Waals surface area contributed by atoms with Crippen LogP contribution in [0.3, 0.4) is 0 Å². The van der Waals surface area contributed by atoms with Crippen molar-refractivity contribution in [3.63, 3.8) is 0 Å². The highest BCUT2D eigenvalue weighted by Gasteiger charge is 2.27. The molecule has 4 rings (SSSR count). The quantitative estimate of drug-likeness (QED) is 0.718. The summed E-state index contributed by atoms with van der Waals surface area (Å²) in [6, 6.07) is 14.7. The van der Waals surface area contributed by atoms with Gasteiger partial charge in [-0.05, 0) is 30.3 Å². The molecule has 0 radical (unpaired) electrons. The van der Waals surface area contributed by atoms with E-state index in [9.17, 15) is 0 Å². The van der Waals surface area contributed by atoms with Gasteiger partial charge in [0.2, 0.25) is 12.0 Å². The van der Waals surface area contributed by atoms with Gasteiger partial charge in [0.05, 0.1) is 0 Å². The number of aromatic nitrogens is 2. The van der Waals surface area contributed by atoms with Gasteiger partial charge in [-0.2, -0.15) is 0 Å². The van der Waals surface area contributed by atoms with Gasteiger partial charge < -0.3 is 13.9 Å². The maximum absolute atomic E-state index is 5.97. The molecule has 0 saturated heterocycles. The minimum Gasteiger partial charge on any atom is -0.485 e. The molecule has 22 heavy (non-hydrogen) atoms. The van der Waals surface area contributed by atoms with Gasteiger partial charge in [0, 0.05) is 10.6 Å². The highest BCUT2D eigenvalue weighted by molar-refractivity contribution is 6.30. The van der Waals surface area contributed by atoms with E-state index in [0.29, 0.717) is 34.9 Å². The summed E-state index contributed by atoms with van der Waals surface area (Å²) in [5.41, 5.74) is 0.767. The van der Waals surface area contributed by atoms with Crippen molar-refractivity contribution in [2.24, 2.45) is 0 Å². The van der Waals surface area contributed by atoms with Crippen molar-refractivity contribution in [2.45, 2.75) is 6.10 Å². The summed E-state index contributed by atoms with van der Waals surface area (Å²) in [5.74, 6) is 2.17. The molecule has 0 aliphatic carbocycles. The van der Waals surface area contributed by atoms with E-state index >= 15 is 0 Å². The van der Waals surface area contributed by atoms with Crippen molar-refractivity contribution in [3.05, 3.63) is 59.4 Å². The van der Waals surface area contributed by atoms with Crippen LogP contribution in [-0.4, -0.2) is 16.8 Å². The molecular formula is C16H11ClN2O3. The third-order valence-corrected chi connectivity index (χ3v) is 3.53. The van der Waals surface area contributed by atoms with Crippen molar-refractivity contribution in [1.29, 1.82) is 0 Å². The van der Waals surface area contributed by atoms with Crippen LogP contribution in [-0.2, 0) is 0 Å². The van der Waals surface area contributed by atoms with Gasteiger partial charge >= 0.3 is 0 Å². The summed E-state index contributed by atoms with van der Waals surface area (Å²) in [4.78, 5) is 0. The molecule has 0 bridgehead atoms. The molecular weight excluding hydrogens is 304 g/mol. The lowest BCUT2D eigenvalue weighted by molar-refractivity contribution is 0.0716. The second-order valence-corrected chi connectivity index (χ2v) is 5.26. The zero-order valence-corrected chi connectivity index (χ0v) is 12.2. The summed E-state index contributed by atoms with van der Waals surface area (Å²) in [7, 11) is 0. The predicted octanol–water partition coefficient (Wildman–Crippen LogP) is 3.90. The molecule has 5 nitrogen and oxygen atoms in total. The van der Waals surface area contributed by atoms with Crippen LogP contribution >= 0.6 is 11.6 Å². The van der Waals surface area contributed by atoms with Gasteiger partial charge in [-0.25, -0.2) is 0 Å². The Labute approximate surface area is 131 Å². The average molecular weight is 315 g/mol. The molecule has 1 unspecified atom stereocenters. The predicted molar refractivity (Wildman–Crippen MR) is 80.1 cm³/mol. The summed E-state index contributed by atoms with van der Waals surface area (Å²) in [5, 5.41) is 8.72. The topological polar surface area (TPSA) is 57.4 Å². The average Bonchev–Trinajstić information content (AvgIpc) is 3.04. The van der Waals surface area contributed by atoms with Gasteiger partial charge in [0.25, 0.3) is 5.89 Å². The molecule has 3 aromatic rings. The van der Waals surface area contributed by atoms with E-state index in [0.717, 1.165) is 5.56 Å². The van der Waals surface area contributed by atoms with Crippen LogP contribution in [0.1, 0.15) is 12.0 Å². The molecule has 1 atom stereocenters. The lowest BCUT2D eigenvalue weighted by Gasteiger charge is -2.23. The fraction of sp³-hybridized carbons (Fsp3) is 0.125. The Morgan fingerprint density at radius 2 is 1.86 bits per heavy atom. The number of hydrogen-bond donors (Lipinski definition) is 0. The molecule has 0 N–H and O–H groups in total. The Morgan fingerprint density at radius 1 is 1.00 bits per heavy atom. The number of fused-ring (bicyclic) bond motifs is 1. The number of ether oxygens (including phenoxy) is 2. The minimum atomic E-state index is -0.421. The van der Waals surface area contributed by atoms with Gasteiger partial charge in [-0.1, -0.05) is 29.8 Å². The van der Waals surface area contributed by atoms with E-state index in [1.54, 1.807) is 12.1 Å². The number of nitrogens with zero attached hydrogens (tertiary/aromatic N) is 2. The highest BCUT2D eigenvalue weighted by Crippen LogP contribution is 2.36. The zero-order chi connectivity index (χ0) is 14.9. The third-order valence-electron chi connectivity index (χ3n) is 3.30. The Hall–Kier alpha value is -2.53. The van der Waals surface area contributed by atoms with Crippen LogP contribution in [0.2, 0.25) is 5.02 Å². The second kappa shape index (κ2) is 5.35. The van der Waals surface area contributed by atoms with Gasteiger partial charge in [0.15, 0.2) is 11.5 Å². The van der Waals surface area contributed by atoms with Crippen LogP contribution < -0.4 is 9.47 Å². The molecule has 0 fully saturated rings. The van der Waals surface area contributed by atoms with Crippen LogP contribution in [0.5, 0.6) is 11.5 Å². The molecule has 110 valence electrons. The number of benzene rings is 2. The Balaban J connectivity index is 1.60. The Bertz CT molecular complexity index is 818. The van der Waals surface area contributed by atoms with Gasteiger partial charge in [-0.15, -0.1) is 10.2 Å². The van der Waals surface area contributed by atoms with Crippen molar-refractivity contribution in [2.75, 3.05) is 6.61 Å². The first-order chi connectivity index (χ1) is 10.8. The number of rotatable bonds is 2. The van der Waals surface area contributed by atoms with Crippen molar-refractivity contribution >= 4 is 11.6 Å². The number of halogens is 1. The van der Waals surface area contributed by atoms with Crippen LogP contribution in [0.25, 0.3) is 11.5 Å². The first kappa shape index (κ1) is 13.2. The normalized spacial score (nSPS) is 16.5. The molecule has 0 saturated carbocycles. The van der Waals surface area contributed by atoms with E-state index in [1.807, 2.05) is 36.4 Å². The summed E-state index contributed by atoms with van der Waals surface area (Å²) in [6.07, 6.45) is -0.421. The summed E-state index contributed by atoms with van der Waals surface area (Å²) in [6.45, 7) is 0.328. The zero-order valence-electron chi connectivity index (χ0n) is 11.4. The monoisotopic (exact) mass is 314 g/mol. The molecule has 2 heterocycles. The highest BCUT2D eigenvalue weighted by atomic mass is 35.5. The van der Waals surface area contributed by atoms with Crippen molar-refractivity contribution in [3.8, 4) is 23.0 Å². The summed E-state index contributed by atoms with van der Waals surface area (Å²) < 4.78 is 17.2. The Kier molecular flexibility index (Phi) is 3.20. The maximum atomic E-state index is 5.97. The van der Waals surface area contributed by atoms with E-state index in [1.165, 1.54) is 0 Å². The molecule has 1 aromatic heterocycles. The van der Waals surface area contributed by atoms with Crippen molar-refractivity contribution in [1.82, 2.24) is 10.2 Å². The minimum absolute atomic E-state index is 0.328.